The summed E-state index contributed by atoms with van der Waals surface area (Å²) >= 11 is 0. The predicted molar refractivity (Wildman–Crippen MR) is 104 cm³/mol. The Morgan fingerprint density at radius 1 is 0.926 bits per heavy atom. The summed E-state index contributed by atoms with van der Waals surface area (Å²) in [5.41, 5.74) is 3.63. The second kappa shape index (κ2) is 8.03. The minimum atomic E-state index is 0.231. The number of hydrogen-bond donors (Lipinski definition) is 2. The highest BCUT2D eigenvalue weighted by Gasteiger charge is 2.31. The van der Waals surface area contributed by atoms with Gasteiger partial charge in [0, 0.05) is 11.1 Å². The lowest BCUT2D eigenvalue weighted by Gasteiger charge is -2.32. The molecule has 0 aliphatic carbocycles. The lowest BCUT2D eigenvalue weighted by atomic mass is 10.1. The number of rotatable bonds is 5. The number of nitrogens with one attached hydrogen (secondary N) is 2. The van der Waals surface area contributed by atoms with Crippen molar-refractivity contribution in [2.24, 2.45) is 0 Å². The van der Waals surface area contributed by atoms with Crippen LogP contribution in [0.25, 0.3) is 11.5 Å². The number of aryl methyl sites for hydroxylation is 1. The minimum absolute atomic E-state index is 0.231. The molecule has 1 atom stereocenters. The van der Waals surface area contributed by atoms with Crippen LogP contribution in [0, 0.1) is 6.92 Å². The summed E-state index contributed by atoms with van der Waals surface area (Å²) in [7, 11) is 0. The maximum Gasteiger partial charge on any atom is 0.274 e. The quantitative estimate of drug-likeness (QED) is 0.713. The van der Waals surface area contributed by atoms with E-state index in [4.69, 9.17) is 4.42 Å². The predicted octanol–water partition coefficient (Wildman–Crippen LogP) is 1.09. The van der Waals surface area contributed by atoms with E-state index in [0.717, 1.165) is 31.1 Å². The van der Waals surface area contributed by atoms with Crippen molar-refractivity contribution in [1.82, 2.24) is 10.2 Å². The minimum Gasteiger partial charge on any atom is -0.415 e. The standard InChI is InChI=1S/C22H26N4O/c1-17-8-10-20(11-9-17)22-24-23-21(27-22)18(2)26-14-12-25(13-15-26)16-19-6-4-3-5-7-19/h3-11,18H,12-16H2,1-2H3/p+2/t18-/m1/s1. The van der Waals surface area contributed by atoms with Gasteiger partial charge in [0.15, 0.2) is 6.04 Å². The molecule has 0 spiro atoms. The summed E-state index contributed by atoms with van der Waals surface area (Å²) in [5, 5.41) is 8.60. The molecule has 140 valence electrons. The maximum atomic E-state index is 6.00. The number of nitrogens with zero attached hydrogens (tertiary/aromatic N) is 2. The van der Waals surface area contributed by atoms with Crippen LogP contribution in [0.4, 0.5) is 0 Å². The third kappa shape index (κ3) is 4.26. The average molecular weight is 364 g/mol. The van der Waals surface area contributed by atoms with Crippen LogP contribution in [-0.4, -0.2) is 36.4 Å². The molecular formula is C22H28N4O+2. The van der Waals surface area contributed by atoms with Crippen molar-refractivity contribution < 1.29 is 14.2 Å². The van der Waals surface area contributed by atoms with Crippen LogP contribution in [0.5, 0.6) is 0 Å². The first-order chi connectivity index (χ1) is 13.2. The van der Waals surface area contributed by atoms with E-state index >= 15 is 0 Å². The van der Waals surface area contributed by atoms with E-state index in [2.05, 4.69) is 66.5 Å². The van der Waals surface area contributed by atoms with Crippen LogP contribution < -0.4 is 9.80 Å². The zero-order valence-corrected chi connectivity index (χ0v) is 16.1. The van der Waals surface area contributed by atoms with E-state index in [-0.39, 0.29) is 6.04 Å². The SMILES string of the molecule is Cc1ccc(-c2nnc([C@@H](C)[NH+]3CC[NH+](Cc4ccccc4)CC3)o2)cc1. The largest absolute Gasteiger partial charge is 0.415 e. The molecule has 1 aliphatic rings. The lowest BCUT2D eigenvalue weighted by Crippen LogP contribution is -3.27. The van der Waals surface area contributed by atoms with Gasteiger partial charge >= 0.3 is 0 Å². The molecule has 1 fully saturated rings. The van der Waals surface area contributed by atoms with Crippen molar-refractivity contribution in [3.8, 4) is 11.5 Å². The summed E-state index contributed by atoms with van der Waals surface area (Å²) < 4.78 is 6.00. The molecule has 27 heavy (non-hydrogen) atoms. The number of piperazine rings is 1. The fourth-order valence-electron chi connectivity index (χ4n) is 3.82. The Kier molecular flexibility index (Phi) is 5.32. The normalized spacial score (nSPS) is 21.1. The summed E-state index contributed by atoms with van der Waals surface area (Å²) in [5.74, 6) is 1.36. The molecular weight excluding hydrogens is 336 g/mol. The zero-order chi connectivity index (χ0) is 18.6. The molecule has 5 heteroatoms. The molecule has 2 N–H and O–H groups in total. The Morgan fingerprint density at radius 2 is 1.63 bits per heavy atom. The molecule has 0 radical (unpaired) electrons. The topological polar surface area (TPSA) is 47.8 Å². The van der Waals surface area contributed by atoms with Crippen molar-refractivity contribution in [3.63, 3.8) is 0 Å². The smallest absolute Gasteiger partial charge is 0.274 e. The van der Waals surface area contributed by atoms with Crippen LogP contribution in [0.1, 0.15) is 30.0 Å². The van der Waals surface area contributed by atoms with E-state index in [0.29, 0.717) is 5.89 Å². The van der Waals surface area contributed by atoms with Gasteiger partial charge in [-0.1, -0.05) is 48.0 Å². The van der Waals surface area contributed by atoms with Crippen molar-refractivity contribution in [1.29, 1.82) is 0 Å². The first kappa shape index (κ1) is 17.9. The molecule has 2 aromatic carbocycles. The van der Waals surface area contributed by atoms with E-state index in [9.17, 15) is 0 Å². The fourth-order valence-corrected chi connectivity index (χ4v) is 3.82. The van der Waals surface area contributed by atoms with Crippen molar-refractivity contribution in [2.45, 2.75) is 26.4 Å². The second-order valence-corrected chi connectivity index (χ2v) is 7.60. The van der Waals surface area contributed by atoms with Crippen molar-refractivity contribution in [3.05, 3.63) is 71.6 Å². The van der Waals surface area contributed by atoms with Gasteiger partial charge in [0.2, 0.25) is 5.89 Å². The summed E-state index contributed by atoms with van der Waals surface area (Å²) in [6.45, 7) is 10.00. The van der Waals surface area contributed by atoms with Gasteiger partial charge < -0.3 is 14.2 Å². The Labute approximate surface area is 160 Å². The first-order valence-corrected chi connectivity index (χ1v) is 9.81. The average Bonchev–Trinajstić information content (AvgIpc) is 3.20. The van der Waals surface area contributed by atoms with E-state index in [1.54, 1.807) is 4.90 Å². The number of aromatic nitrogens is 2. The van der Waals surface area contributed by atoms with Gasteiger partial charge in [-0.15, -0.1) is 10.2 Å². The number of hydrogen-bond acceptors (Lipinski definition) is 3. The van der Waals surface area contributed by atoms with Crippen molar-refractivity contribution in [2.75, 3.05) is 26.2 Å². The summed E-state index contributed by atoms with van der Waals surface area (Å²) in [6.07, 6.45) is 0. The Hall–Kier alpha value is -2.50. The van der Waals surface area contributed by atoms with Gasteiger partial charge in [0.05, 0.1) is 0 Å². The first-order valence-electron chi connectivity index (χ1n) is 9.81. The highest BCUT2D eigenvalue weighted by Crippen LogP contribution is 2.20. The van der Waals surface area contributed by atoms with Crippen LogP contribution >= 0.6 is 0 Å². The fraction of sp³-hybridized carbons (Fsp3) is 0.364. The Bertz CT molecular complexity index is 852. The van der Waals surface area contributed by atoms with Gasteiger partial charge in [0.25, 0.3) is 5.89 Å². The lowest BCUT2D eigenvalue weighted by molar-refractivity contribution is -1.03. The molecule has 0 unspecified atom stereocenters. The molecule has 1 saturated heterocycles. The molecule has 3 aromatic rings. The molecule has 1 aromatic heterocycles. The van der Waals surface area contributed by atoms with Gasteiger partial charge in [-0.25, -0.2) is 0 Å². The van der Waals surface area contributed by atoms with Gasteiger partial charge in [-0.3, -0.25) is 0 Å². The summed E-state index contributed by atoms with van der Waals surface area (Å²) in [6, 6.07) is 19.2. The molecule has 0 saturated carbocycles. The van der Waals surface area contributed by atoms with E-state index in [1.807, 2.05) is 12.1 Å². The van der Waals surface area contributed by atoms with Crippen molar-refractivity contribution >= 4 is 0 Å². The third-order valence-corrected chi connectivity index (χ3v) is 5.62. The van der Waals surface area contributed by atoms with Crippen LogP contribution in [0.3, 0.4) is 0 Å². The Balaban J connectivity index is 1.35. The third-order valence-electron chi connectivity index (χ3n) is 5.62. The molecule has 2 heterocycles. The molecule has 4 rings (SSSR count). The van der Waals surface area contributed by atoms with Gasteiger partial charge in [-0.05, 0) is 26.0 Å². The summed E-state index contributed by atoms with van der Waals surface area (Å²) in [4.78, 5) is 3.19. The van der Waals surface area contributed by atoms with Crippen LogP contribution in [0.15, 0.2) is 59.0 Å². The number of benzene rings is 2. The highest BCUT2D eigenvalue weighted by molar-refractivity contribution is 5.52. The monoisotopic (exact) mass is 364 g/mol. The Morgan fingerprint density at radius 3 is 2.33 bits per heavy atom. The zero-order valence-electron chi connectivity index (χ0n) is 16.1. The molecule has 0 bridgehead atoms. The molecule has 5 nitrogen and oxygen atoms in total. The van der Waals surface area contributed by atoms with Crippen LogP contribution in [-0.2, 0) is 6.54 Å². The number of quaternary nitrogens is 2. The molecule has 0 amide bonds. The van der Waals surface area contributed by atoms with Gasteiger partial charge in [-0.2, -0.15) is 0 Å². The van der Waals surface area contributed by atoms with E-state index in [1.165, 1.54) is 29.1 Å². The molecule has 1 aliphatic heterocycles. The van der Waals surface area contributed by atoms with Crippen LogP contribution in [0.2, 0.25) is 0 Å². The highest BCUT2D eigenvalue weighted by atomic mass is 16.4. The second-order valence-electron chi connectivity index (χ2n) is 7.60. The van der Waals surface area contributed by atoms with Gasteiger partial charge in [0.1, 0.15) is 32.7 Å². The van der Waals surface area contributed by atoms with E-state index < -0.39 is 0 Å². The maximum absolute atomic E-state index is 6.00.